The van der Waals surface area contributed by atoms with Gasteiger partial charge in [0.25, 0.3) is 0 Å². The zero-order chi connectivity index (χ0) is 10.2. The number of rotatable bonds is 1. The van der Waals surface area contributed by atoms with E-state index in [9.17, 15) is 8.42 Å². The smallest absolute Gasteiger partial charge is 0.153 e. The van der Waals surface area contributed by atoms with Gasteiger partial charge in [0.1, 0.15) is 0 Å². The Balaban J connectivity index is 2.04. The molecule has 6 heteroatoms. The molecule has 5 nitrogen and oxygen atoms in total. The van der Waals surface area contributed by atoms with Crippen LogP contribution in [0.1, 0.15) is 0 Å². The molecule has 14 heavy (non-hydrogen) atoms. The topological polar surface area (TPSA) is 72.6 Å². The van der Waals surface area contributed by atoms with Gasteiger partial charge in [0.05, 0.1) is 24.7 Å². The van der Waals surface area contributed by atoms with E-state index in [0.29, 0.717) is 13.2 Å². The quantitative estimate of drug-likeness (QED) is 0.579. The van der Waals surface area contributed by atoms with Gasteiger partial charge in [-0.1, -0.05) is 0 Å². The molecule has 0 aromatic rings. The van der Waals surface area contributed by atoms with E-state index >= 15 is 0 Å². The molecule has 2 N–H and O–H groups in total. The number of hydrogen-bond donors (Lipinski definition) is 1. The van der Waals surface area contributed by atoms with Crippen LogP contribution in [0.5, 0.6) is 0 Å². The molecule has 2 atom stereocenters. The highest BCUT2D eigenvalue weighted by Gasteiger charge is 2.39. The van der Waals surface area contributed by atoms with Crippen LogP contribution in [0, 0.1) is 0 Å². The molecule has 0 aromatic carbocycles. The first kappa shape index (κ1) is 10.4. The van der Waals surface area contributed by atoms with Crippen LogP contribution in [-0.2, 0) is 14.6 Å². The molecule has 2 aliphatic rings. The van der Waals surface area contributed by atoms with Crippen molar-refractivity contribution >= 4 is 9.84 Å². The maximum Gasteiger partial charge on any atom is 0.153 e. The zero-order valence-corrected chi connectivity index (χ0v) is 8.87. The van der Waals surface area contributed by atoms with E-state index in [0.717, 1.165) is 13.1 Å². The standard InChI is InChI=1S/C8H16N2O3S/c9-7-5-14(11,12)6-8(7)10-1-3-13-4-2-10/h7-8H,1-6,9H2/t7-,8-/m0/s1. The summed E-state index contributed by atoms with van der Waals surface area (Å²) < 4.78 is 27.9. The summed E-state index contributed by atoms with van der Waals surface area (Å²) in [7, 11) is -2.90. The van der Waals surface area contributed by atoms with Gasteiger partial charge in [-0.3, -0.25) is 4.90 Å². The average molecular weight is 220 g/mol. The molecular formula is C8H16N2O3S. The number of sulfone groups is 1. The van der Waals surface area contributed by atoms with Gasteiger partial charge in [-0.15, -0.1) is 0 Å². The molecular weight excluding hydrogens is 204 g/mol. The van der Waals surface area contributed by atoms with Gasteiger partial charge in [0.15, 0.2) is 9.84 Å². The van der Waals surface area contributed by atoms with Crippen molar-refractivity contribution in [3.8, 4) is 0 Å². The summed E-state index contributed by atoms with van der Waals surface area (Å²) in [6.45, 7) is 2.97. The second kappa shape index (κ2) is 3.77. The molecule has 2 saturated heterocycles. The van der Waals surface area contributed by atoms with Gasteiger partial charge in [0.2, 0.25) is 0 Å². The third-order valence-electron chi connectivity index (χ3n) is 2.88. The lowest BCUT2D eigenvalue weighted by Gasteiger charge is -2.33. The molecule has 0 spiro atoms. The second-order valence-corrected chi connectivity index (χ2v) is 6.11. The average Bonchev–Trinajstić information content (AvgIpc) is 2.41. The Labute approximate surface area is 84.1 Å². The summed E-state index contributed by atoms with van der Waals surface area (Å²) >= 11 is 0. The van der Waals surface area contributed by atoms with Gasteiger partial charge >= 0.3 is 0 Å². The van der Waals surface area contributed by atoms with E-state index in [-0.39, 0.29) is 23.6 Å². The number of nitrogens with zero attached hydrogens (tertiary/aromatic N) is 1. The first-order chi connectivity index (χ1) is 6.58. The van der Waals surface area contributed by atoms with Crippen LogP contribution in [-0.4, -0.2) is 63.2 Å². The summed E-state index contributed by atoms with van der Waals surface area (Å²) in [5.74, 6) is 0.350. The van der Waals surface area contributed by atoms with Crippen molar-refractivity contribution in [1.82, 2.24) is 4.90 Å². The summed E-state index contributed by atoms with van der Waals surface area (Å²) in [6.07, 6.45) is 0. The summed E-state index contributed by atoms with van der Waals surface area (Å²) in [5, 5.41) is 0. The van der Waals surface area contributed by atoms with Crippen LogP contribution < -0.4 is 5.73 Å². The van der Waals surface area contributed by atoms with Crippen LogP contribution in [0.15, 0.2) is 0 Å². The fourth-order valence-electron chi connectivity index (χ4n) is 2.14. The predicted molar refractivity (Wildman–Crippen MR) is 52.8 cm³/mol. The van der Waals surface area contributed by atoms with Crippen molar-refractivity contribution < 1.29 is 13.2 Å². The highest BCUT2D eigenvalue weighted by Crippen LogP contribution is 2.17. The molecule has 0 radical (unpaired) electrons. The number of morpholine rings is 1. The largest absolute Gasteiger partial charge is 0.379 e. The van der Waals surface area contributed by atoms with E-state index in [2.05, 4.69) is 4.90 Å². The molecule has 0 aliphatic carbocycles. The fourth-order valence-corrected chi connectivity index (χ4v) is 4.06. The summed E-state index contributed by atoms with van der Waals surface area (Å²) in [4.78, 5) is 2.14. The third-order valence-corrected chi connectivity index (χ3v) is 4.62. The normalized spacial score (nSPS) is 38.6. The van der Waals surface area contributed by atoms with Crippen LogP contribution in [0.25, 0.3) is 0 Å². The minimum absolute atomic E-state index is 0.00361. The molecule has 0 amide bonds. The number of hydrogen-bond acceptors (Lipinski definition) is 5. The van der Waals surface area contributed by atoms with Gasteiger partial charge in [0, 0.05) is 25.2 Å². The summed E-state index contributed by atoms with van der Waals surface area (Å²) in [6, 6.07) is -0.220. The van der Waals surface area contributed by atoms with E-state index in [1.807, 2.05) is 0 Å². The SMILES string of the molecule is N[C@H]1CS(=O)(=O)C[C@@H]1N1CCOCC1. The Morgan fingerprint density at radius 3 is 2.36 bits per heavy atom. The minimum atomic E-state index is -2.90. The zero-order valence-electron chi connectivity index (χ0n) is 8.05. The monoisotopic (exact) mass is 220 g/mol. The molecule has 0 bridgehead atoms. The Kier molecular flexibility index (Phi) is 2.79. The van der Waals surface area contributed by atoms with E-state index in [1.165, 1.54) is 0 Å². The molecule has 82 valence electrons. The van der Waals surface area contributed by atoms with Crippen molar-refractivity contribution in [2.24, 2.45) is 5.73 Å². The van der Waals surface area contributed by atoms with Crippen LogP contribution >= 0.6 is 0 Å². The van der Waals surface area contributed by atoms with E-state index in [4.69, 9.17) is 10.5 Å². The molecule has 2 heterocycles. The molecule has 0 aromatic heterocycles. The first-order valence-electron chi connectivity index (χ1n) is 4.86. The molecule has 0 unspecified atom stereocenters. The van der Waals surface area contributed by atoms with E-state index < -0.39 is 9.84 Å². The summed E-state index contributed by atoms with van der Waals surface area (Å²) in [5.41, 5.74) is 5.82. The molecule has 0 saturated carbocycles. The van der Waals surface area contributed by atoms with Gasteiger partial charge in [-0.25, -0.2) is 8.42 Å². The lowest BCUT2D eigenvalue weighted by Crippen LogP contribution is -2.51. The van der Waals surface area contributed by atoms with Crippen molar-refractivity contribution in [3.05, 3.63) is 0 Å². The van der Waals surface area contributed by atoms with Gasteiger partial charge < -0.3 is 10.5 Å². The highest BCUT2D eigenvalue weighted by atomic mass is 32.2. The van der Waals surface area contributed by atoms with Crippen molar-refractivity contribution in [2.45, 2.75) is 12.1 Å². The van der Waals surface area contributed by atoms with Crippen LogP contribution in [0.2, 0.25) is 0 Å². The van der Waals surface area contributed by atoms with Gasteiger partial charge in [-0.2, -0.15) is 0 Å². The Morgan fingerprint density at radius 2 is 1.86 bits per heavy atom. The number of nitrogens with two attached hydrogens (primary N) is 1. The number of ether oxygens (including phenoxy) is 1. The van der Waals surface area contributed by atoms with Crippen molar-refractivity contribution in [1.29, 1.82) is 0 Å². The van der Waals surface area contributed by atoms with Crippen molar-refractivity contribution in [3.63, 3.8) is 0 Å². The lowest BCUT2D eigenvalue weighted by atomic mass is 10.1. The maximum atomic E-state index is 11.4. The molecule has 2 fully saturated rings. The highest BCUT2D eigenvalue weighted by molar-refractivity contribution is 7.91. The molecule has 2 aliphatic heterocycles. The second-order valence-electron chi connectivity index (χ2n) is 3.96. The Hall–Kier alpha value is -0.170. The van der Waals surface area contributed by atoms with Crippen LogP contribution in [0.3, 0.4) is 0 Å². The Morgan fingerprint density at radius 1 is 1.21 bits per heavy atom. The predicted octanol–water partition coefficient (Wildman–Crippen LogP) is -1.56. The third kappa shape index (κ3) is 2.08. The van der Waals surface area contributed by atoms with Gasteiger partial charge in [-0.05, 0) is 0 Å². The molecule has 2 rings (SSSR count). The van der Waals surface area contributed by atoms with Crippen molar-refractivity contribution in [2.75, 3.05) is 37.8 Å². The lowest BCUT2D eigenvalue weighted by molar-refractivity contribution is 0.0188. The maximum absolute atomic E-state index is 11.4. The fraction of sp³-hybridized carbons (Fsp3) is 1.00. The first-order valence-corrected chi connectivity index (χ1v) is 6.68. The van der Waals surface area contributed by atoms with Crippen LogP contribution in [0.4, 0.5) is 0 Å². The van der Waals surface area contributed by atoms with E-state index in [1.54, 1.807) is 0 Å². The minimum Gasteiger partial charge on any atom is -0.379 e. The Bertz CT molecular complexity index is 298.